The van der Waals surface area contributed by atoms with Crippen molar-refractivity contribution in [2.75, 3.05) is 19.7 Å². The molecule has 4 saturated carbocycles. The second kappa shape index (κ2) is 11.0. The molecule has 0 bridgehead atoms. The molecular weight excluding hydrogens is 478 g/mol. The van der Waals surface area contributed by atoms with Gasteiger partial charge in [-0.05, 0) is 124 Å². The number of ether oxygens (including phenoxy) is 1. The monoisotopic (exact) mass is 531 g/mol. The van der Waals surface area contributed by atoms with Gasteiger partial charge >= 0.3 is 5.97 Å². The third-order valence-corrected chi connectivity index (χ3v) is 12.6. The first-order valence-corrected chi connectivity index (χ1v) is 15.9. The van der Waals surface area contributed by atoms with Crippen LogP contribution >= 0.6 is 0 Å². The van der Waals surface area contributed by atoms with Crippen molar-refractivity contribution in [1.29, 1.82) is 0 Å². The van der Waals surface area contributed by atoms with Crippen molar-refractivity contribution >= 4 is 11.9 Å². The molecule has 1 amide bonds. The number of esters is 1. The first-order chi connectivity index (χ1) is 18.1. The molecule has 0 spiro atoms. The number of fused-ring (bicyclic) bond motifs is 5. The lowest BCUT2D eigenvalue weighted by atomic mass is 9.43. The third kappa shape index (κ3) is 4.95. The Morgan fingerprint density at radius 2 is 1.74 bits per heavy atom. The number of piperidine rings is 1. The Balaban J connectivity index is 1.20. The second-order valence-corrected chi connectivity index (χ2v) is 14.4. The molecule has 0 aromatic rings. The molecule has 6 heteroatoms. The Labute approximate surface area is 230 Å². The molecule has 1 saturated heterocycles. The maximum atomic E-state index is 13.2. The molecule has 5 aliphatic rings. The van der Waals surface area contributed by atoms with Gasteiger partial charge in [-0.25, -0.2) is 0 Å². The van der Waals surface area contributed by atoms with E-state index >= 15 is 0 Å². The van der Waals surface area contributed by atoms with Crippen molar-refractivity contribution in [2.24, 2.45) is 52.3 Å². The van der Waals surface area contributed by atoms with Crippen molar-refractivity contribution in [3.05, 3.63) is 0 Å². The number of hydrogen-bond donors (Lipinski definition) is 2. The van der Waals surface area contributed by atoms with Crippen molar-refractivity contribution in [1.82, 2.24) is 4.90 Å². The van der Waals surface area contributed by atoms with Gasteiger partial charge in [-0.3, -0.25) is 9.59 Å². The molecule has 216 valence electrons. The molecule has 5 rings (SSSR count). The van der Waals surface area contributed by atoms with Crippen LogP contribution in [0.5, 0.6) is 0 Å². The fourth-order valence-electron chi connectivity index (χ4n) is 10.5. The molecule has 0 aromatic carbocycles. The van der Waals surface area contributed by atoms with Crippen molar-refractivity contribution in [3.8, 4) is 0 Å². The highest BCUT2D eigenvalue weighted by atomic mass is 16.5. The predicted molar refractivity (Wildman–Crippen MR) is 147 cm³/mol. The van der Waals surface area contributed by atoms with Crippen LogP contribution in [0.15, 0.2) is 0 Å². The van der Waals surface area contributed by atoms with E-state index in [-0.39, 0.29) is 40.8 Å². The van der Waals surface area contributed by atoms with Crippen molar-refractivity contribution in [3.63, 3.8) is 0 Å². The second-order valence-electron chi connectivity index (χ2n) is 14.4. The van der Waals surface area contributed by atoms with Gasteiger partial charge in [0.05, 0.1) is 24.7 Å². The fraction of sp³-hybridized carbons (Fsp3) is 0.938. The van der Waals surface area contributed by atoms with Gasteiger partial charge in [0.1, 0.15) is 0 Å². The molecule has 4 aliphatic carbocycles. The number of hydrogen-bond acceptors (Lipinski definition) is 5. The topological polar surface area (TPSA) is 87.1 Å². The molecular formula is C32H53NO5. The Hall–Kier alpha value is -1.14. The Morgan fingerprint density at radius 1 is 1.00 bits per heavy atom. The molecule has 1 heterocycles. The molecule has 2 N–H and O–H groups in total. The summed E-state index contributed by atoms with van der Waals surface area (Å²) in [6.07, 6.45) is 11.3. The summed E-state index contributed by atoms with van der Waals surface area (Å²) in [6, 6.07) is 0. The molecule has 38 heavy (non-hydrogen) atoms. The number of nitrogens with zero attached hydrogens (tertiary/aromatic N) is 1. The van der Waals surface area contributed by atoms with Crippen LogP contribution in [0.25, 0.3) is 0 Å². The van der Waals surface area contributed by atoms with Crippen LogP contribution in [0.2, 0.25) is 0 Å². The van der Waals surface area contributed by atoms with Crippen molar-refractivity contribution < 1.29 is 24.5 Å². The zero-order valence-corrected chi connectivity index (χ0v) is 24.4. The average molecular weight is 532 g/mol. The number of rotatable bonds is 6. The number of amides is 1. The first-order valence-electron chi connectivity index (χ1n) is 15.9. The highest BCUT2D eigenvalue weighted by molar-refractivity contribution is 5.78. The Bertz CT molecular complexity index is 878. The van der Waals surface area contributed by atoms with Crippen LogP contribution < -0.4 is 0 Å². The highest BCUT2D eigenvalue weighted by Gasteiger charge is 2.62. The van der Waals surface area contributed by atoms with Crippen molar-refractivity contribution in [2.45, 2.75) is 117 Å². The summed E-state index contributed by atoms with van der Waals surface area (Å²) in [7, 11) is 0. The quantitative estimate of drug-likeness (QED) is 0.461. The van der Waals surface area contributed by atoms with E-state index in [4.69, 9.17) is 4.74 Å². The molecule has 11 atom stereocenters. The third-order valence-electron chi connectivity index (χ3n) is 12.6. The lowest BCUT2D eigenvalue weighted by Gasteiger charge is -2.62. The molecule has 5 fully saturated rings. The number of carbonyl (C=O) groups is 2. The SMILES string of the molecule is CCOC(=O)C1CCCN(C(=O)CCC(C)C2CCC3C4C(O)C[C@@H]5C[C@H](O)CC[C@]5(C)C4CC[C@]23C)C1. The van der Waals surface area contributed by atoms with E-state index < -0.39 is 0 Å². The van der Waals surface area contributed by atoms with Gasteiger partial charge in [0.15, 0.2) is 0 Å². The van der Waals surface area contributed by atoms with E-state index in [9.17, 15) is 19.8 Å². The average Bonchev–Trinajstić information content (AvgIpc) is 3.25. The minimum Gasteiger partial charge on any atom is -0.466 e. The summed E-state index contributed by atoms with van der Waals surface area (Å²) in [5.74, 6) is 2.91. The van der Waals surface area contributed by atoms with Gasteiger partial charge < -0.3 is 19.8 Å². The minimum atomic E-state index is -0.241. The van der Waals surface area contributed by atoms with Crippen LogP contribution in [0.1, 0.15) is 105 Å². The number of likely N-dealkylation sites (tertiary alicyclic amines) is 1. The normalized spacial score (nSPS) is 45.5. The first kappa shape index (κ1) is 28.4. The summed E-state index contributed by atoms with van der Waals surface area (Å²) >= 11 is 0. The number of aliphatic hydroxyl groups excluding tert-OH is 2. The van der Waals surface area contributed by atoms with E-state index in [1.54, 1.807) is 0 Å². The molecule has 0 radical (unpaired) electrons. The van der Waals surface area contributed by atoms with Gasteiger partial charge in [-0.2, -0.15) is 0 Å². The van der Waals surface area contributed by atoms with E-state index in [1.807, 2.05) is 11.8 Å². The zero-order chi connectivity index (χ0) is 27.2. The standard InChI is InChI=1S/C32H53NO5/c1-5-38-30(37)21-7-6-16-33(19-21)28(36)11-8-20(2)24-9-10-25-29-26(13-15-32(24,25)4)31(3)14-12-23(34)17-22(31)18-27(29)35/h20-27,29,34-35H,5-19H2,1-4H3/t20?,21?,22-,23+,24?,25?,26?,27?,29?,31-,32+/m0/s1. The molecule has 1 aliphatic heterocycles. The Morgan fingerprint density at radius 3 is 2.50 bits per heavy atom. The predicted octanol–water partition coefficient (Wildman–Crippen LogP) is 5.20. The van der Waals surface area contributed by atoms with E-state index in [2.05, 4.69) is 20.8 Å². The molecule has 6 nitrogen and oxygen atoms in total. The summed E-state index contributed by atoms with van der Waals surface area (Å²) in [5.41, 5.74) is 0.499. The Kier molecular flexibility index (Phi) is 8.24. The van der Waals surface area contributed by atoms with Gasteiger partial charge in [0.25, 0.3) is 0 Å². The minimum absolute atomic E-state index is 0.159. The summed E-state index contributed by atoms with van der Waals surface area (Å²) < 4.78 is 5.22. The lowest BCUT2D eigenvalue weighted by Crippen LogP contribution is -2.58. The smallest absolute Gasteiger partial charge is 0.310 e. The van der Waals surface area contributed by atoms with E-state index in [0.717, 1.165) is 51.5 Å². The van der Waals surface area contributed by atoms with Crippen LogP contribution in [-0.4, -0.2) is 58.9 Å². The molecule has 7 unspecified atom stereocenters. The van der Waals surface area contributed by atoms with Gasteiger partial charge in [-0.1, -0.05) is 20.8 Å². The zero-order valence-electron chi connectivity index (χ0n) is 24.4. The maximum absolute atomic E-state index is 13.2. The summed E-state index contributed by atoms with van der Waals surface area (Å²) in [5, 5.41) is 21.8. The van der Waals surface area contributed by atoms with Crippen LogP contribution in [0, 0.1) is 52.3 Å². The van der Waals surface area contributed by atoms with Crippen LogP contribution in [0.4, 0.5) is 0 Å². The van der Waals surface area contributed by atoms with Gasteiger partial charge in [0, 0.05) is 19.5 Å². The highest BCUT2D eigenvalue weighted by Crippen LogP contribution is 2.68. The number of carbonyl (C=O) groups excluding carboxylic acids is 2. The number of aliphatic hydroxyl groups is 2. The maximum Gasteiger partial charge on any atom is 0.310 e. The van der Waals surface area contributed by atoms with E-state index in [0.29, 0.717) is 55.1 Å². The fourth-order valence-corrected chi connectivity index (χ4v) is 10.5. The molecule has 0 aromatic heterocycles. The van der Waals surface area contributed by atoms with E-state index in [1.165, 1.54) is 25.7 Å². The summed E-state index contributed by atoms with van der Waals surface area (Å²) in [4.78, 5) is 27.3. The largest absolute Gasteiger partial charge is 0.466 e. The van der Waals surface area contributed by atoms with Gasteiger partial charge in [0.2, 0.25) is 5.91 Å². The summed E-state index contributed by atoms with van der Waals surface area (Å²) in [6.45, 7) is 10.8. The van der Waals surface area contributed by atoms with Gasteiger partial charge in [-0.15, -0.1) is 0 Å². The van der Waals surface area contributed by atoms with Crippen LogP contribution in [-0.2, 0) is 14.3 Å². The van der Waals surface area contributed by atoms with Crippen LogP contribution in [0.3, 0.4) is 0 Å². The lowest BCUT2D eigenvalue weighted by molar-refractivity contribution is -0.174.